The summed E-state index contributed by atoms with van der Waals surface area (Å²) < 4.78 is 5.49. The Hall–Kier alpha value is -2.95. The number of carbonyl (C=O) groups excluding carboxylic acids is 3. The van der Waals surface area contributed by atoms with Crippen LogP contribution in [-0.2, 0) is 15.0 Å². The van der Waals surface area contributed by atoms with E-state index >= 15 is 0 Å². The van der Waals surface area contributed by atoms with E-state index in [-0.39, 0.29) is 29.1 Å². The zero-order valence-corrected chi connectivity index (χ0v) is 18.1. The first-order valence-corrected chi connectivity index (χ1v) is 11.0. The van der Waals surface area contributed by atoms with Gasteiger partial charge in [-0.25, -0.2) is 4.79 Å². The number of imide groups is 1. The van der Waals surface area contributed by atoms with Gasteiger partial charge in [0.15, 0.2) is 0 Å². The Labute approximate surface area is 182 Å². The first kappa shape index (κ1) is 20.0. The van der Waals surface area contributed by atoms with E-state index in [1.807, 2.05) is 12.1 Å². The van der Waals surface area contributed by atoms with Crippen LogP contribution in [0.15, 0.2) is 48.5 Å². The number of nitrogens with zero attached hydrogens (tertiary/aromatic N) is 1. The van der Waals surface area contributed by atoms with Crippen LogP contribution < -0.4 is 9.64 Å². The maximum absolute atomic E-state index is 13.0. The number of esters is 1. The SMILES string of the molecule is CC(C)(C)c1ccc(OC(=O)c2ccc(N3C(=O)C4C5CCC(C5)C4C3=O)cc2)cc1. The van der Waals surface area contributed by atoms with E-state index in [1.54, 1.807) is 36.4 Å². The topological polar surface area (TPSA) is 63.7 Å². The molecule has 5 rings (SSSR count). The summed E-state index contributed by atoms with van der Waals surface area (Å²) in [5.74, 6) is 0.289. The van der Waals surface area contributed by atoms with Gasteiger partial charge in [0.1, 0.15) is 5.75 Å². The van der Waals surface area contributed by atoms with Crippen molar-refractivity contribution in [1.82, 2.24) is 0 Å². The summed E-state index contributed by atoms with van der Waals surface area (Å²) in [5.41, 5.74) is 2.11. The van der Waals surface area contributed by atoms with E-state index < -0.39 is 5.97 Å². The van der Waals surface area contributed by atoms with Crippen LogP contribution in [0.5, 0.6) is 5.75 Å². The second kappa shape index (κ2) is 7.04. The summed E-state index contributed by atoms with van der Waals surface area (Å²) in [7, 11) is 0. The molecule has 1 aliphatic heterocycles. The lowest BCUT2D eigenvalue weighted by Gasteiger charge is -2.19. The van der Waals surface area contributed by atoms with Crippen LogP contribution in [0.2, 0.25) is 0 Å². The number of carbonyl (C=O) groups is 3. The predicted molar refractivity (Wildman–Crippen MR) is 117 cm³/mol. The molecule has 3 fully saturated rings. The Balaban J connectivity index is 1.30. The third-order valence-electron chi connectivity index (χ3n) is 7.22. The van der Waals surface area contributed by atoms with E-state index in [0.29, 0.717) is 28.8 Å². The predicted octanol–water partition coefficient (Wildman–Crippen LogP) is 4.74. The van der Waals surface area contributed by atoms with Crippen LogP contribution in [0, 0.1) is 23.7 Å². The molecule has 2 saturated carbocycles. The van der Waals surface area contributed by atoms with Gasteiger partial charge in [0.25, 0.3) is 0 Å². The summed E-state index contributed by atoms with van der Waals surface area (Å²) >= 11 is 0. The van der Waals surface area contributed by atoms with Gasteiger partial charge in [0, 0.05) is 0 Å². The zero-order valence-electron chi connectivity index (χ0n) is 18.1. The van der Waals surface area contributed by atoms with Crippen molar-refractivity contribution in [1.29, 1.82) is 0 Å². The molecule has 4 atom stereocenters. The van der Waals surface area contributed by atoms with E-state index in [2.05, 4.69) is 20.8 Å². The Bertz CT molecular complexity index is 1020. The van der Waals surface area contributed by atoms with Gasteiger partial charge in [-0.2, -0.15) is 0 Å². The van der Waals surface area contributed by atoms with Crippen LogP contribution in [-0.4, -0.2) is 17.8 Å². The van der Waals surface area contributed by atoms with Gasteiger partial charge in [-0.3, -0.25) is 14.5 Å². The van der Waals surface area contributed by atoms with Crippen molar-refractivity contribution in [3.8, 4) is 5.75 Å². The standard InChI is InChI=1S/C26H27NO4/c1-26(2,3)18-8-12-20(13-9-18)31-25(30)15-6-10-19(11-7-15)27-23(28)21-16-4-5-17(14-16)22(21)24(27)29/h6-13,16-17,21-22H,4-5,14H2,1-3H3. The molecule has 2 aromatic rings. The average molecular weight is 418 g/mol. The quantitative estimate of drug-likeness (QED) is 0.411. The second-order valence-electron chi connectivity index (χ2n) is 10.1. The minimum Gasteiger partial charge on any atom is -0.423 e. The van der Waals surface area contributed by atoms with Crippen LogP contribution >= 0.6 is 0 Å². The first-order chi connectivity index (χ1) is 14.7. The normalized spacial score (nSPS) is 27.0. The fourth-order valence-electron chi connectivity index (χ4n) is 5.60. The van der Waals surface area contributed by atoms with Gasteiger partial charge in [-0.1, -0.05) is 32.9 Å². The lowest BCUT2D eigenvalue weighted by molar-refractivity contribution is -0.123. The van der Waals surface area contributed by atoms with Crippen molar-refractivity contribution >= 4 is 23.5 Å². The molecule has 0 spiro atoms. The lowest BCUT2D eigenvalue weighted by atomic mass is 9.81. The highest BCUT2D eigenvalue weighted by Gasteiger charge is 2.61. The molecule has 0 radical (unpaired) electrons. The summed E-state index contributed by atoms with van der Waals surface area (Å²) in [5, 5.41) is 0. The first-order valence-electron chi connectivity index (χ1n) is 11.0. The van der Waals surface area contributed by atoms with Crippen molar-refractivity contribution in [3.05, 3.63) is 59.7 Å². The number of fused-ring (bicyclic) bond motifs is 5. The summed E-state index contributed by atoms with van der Waals surface area (Å²) in [6, 6.07) is 14.1. The van der Waals surface area contributed by atoms with Crippen LogP contribution in [0.4, 0.5) is 5.69 Å². The molecule has 2 aromatic carbocycles. The Morgan fingerprint density at radius 2 is 1.42 bits per heavy atom. The van der Waals surface area contributed by atoms with Crippen molar-refractivity contribution < 1.29 is 19.1 Å². The van der Waals surface area contributed by atoms with Crippen molar-refractivity contribution in [3.63, 3.8) is 0 Å². The summed E-state index contributed by atoms with van der Waals surface area (Å²) in [6.45, 7) is 6.39. The van der Waals surface area contributed by atoms with E-state index in [9.17, 15) is 14.4 Å². The Morgan fingerprint density at radius 1 is 0.871 bits per heavy atom. The van der Waals surface area contributed by atoms with Crippen molar-refractivity contribution in [2.75, 3.05) is 4.90 Å². The molecular formula is C26H27NO4. The molecule has 3 aliphatic rings. The van der Waals surface area contributed by atoms with Gasteiger partial charge < -0.3 is 4.74 Å². The highest BCUT2D eigenvalue weighted by molar-refractivity contribution is 6.22. The van der Waals surface area contributed by atoms with Gasteiger partial charge in [0.05, 0.1) is 23.1 Å². The number of benzene rings is 2. The maximum Gasteiger partial charge on any atom is 0.343 e. The molecule has 0 aromatic heterocycles. The second-order valence-corrected chi connectivity index (χ2v) is 10.1. The average Bonchev–Trinajstić information content (AvgIpc) is 3.42. The smallest absolute Gasteiger partial charge is 0.343 e. The van der Waals surface area contributed by atoms with Gasteiger partial charge >= 0.3 is 5.97 Å². The van der Waals surface area contributed by atoms with Crippen molar-refractivity contribution in [2.24, 2.45) is 23.7 Å². The Morgan fingerprint density at radius 3 is 1.94 bits per heavy atom. The fraction of sp³-hybridized carbons (Fsp3) is 0.423. The monoisotopic (exact) mass is 417 g/mol. The van der Waals surface area contributed by atoms with Crippen LogP contribution in [0.3, 0.4) is 0 Å². The molecule has 1 heterocycles. The van der Waals surface area contributed by atoms with Crippen LogP contribution in [0.1, 0.15) is 56.0 Å². The number of anilines is 1. The van der Waals surface area contributed by atoms with E-state index in [4.69, 9.17) is 4.74 Å². The third-order valence-corrected chi connectivity index (χ3v) is 7.22. The minimum atomic E-state index is -0.468. The number of hydrogen-bond acceptors (Lipinski definition) is 4. The third kappa shape index (κ3) is 3.27. The van der Waals surface area contributed by atoms with Crippen molar-refractivity contribution in [2.45, 2.75) is 45.4 Å². The summed E-state index contributed by atoms with van der Waals surface area (Å²) in [4.78, 5) is 39.8. The molecule has 5 heteroatoms. The molecule has 2 aliphatic carbocycles. The molecule has 0 N–H and O–H groups in total. The van der Waals surface area contributed by atoms with Gasteiger partial charge in [-0.05, 0) is 78.5 Å². The molecular weight excluding hydrogens is 390 g/mol. The molecule has 5 nitrogen and oxygen atoms in total. The fourth-order valence-corrected chi connectivity index (χ4v) is 5.60. The molecule has 2 bridgehead atoms. The number of hydrogen-bond donors (Lipinski definition) is 0. The minimum absolute atomic E-state index is 0.0286. The summed E-state index contributed by atoms with van der Waals surface area (Å²) in [6.07, 6.45) is 3.13. The largest absolute Gasteiger partial charge is 0.423 e. The molecule has 31 heavy (non-hydrogen) atoms. The molecule has 1 saturated heterocycles. The lowest BCUT2D eigenvalue weighted by Crippen LogP contribution is -2.32. The highest BCUT2D eigenvalue weighted by atomic mass is 16.5. The zero-order chi connectivity index (χ0) is 21.9. The van der Waals surface area contributed by atoms with E-state index in [1.165, 1.54) is 4.90 Å². The maximum atomic E-state index is 13.0. The molecule has 2 amide bonds. The number of amides is 2. The number of rotatable bonds is 3. The van der Waals surface area contributed by atoms with Gasteiger partial charge in [0.2, 0.25) is 11.8 Å². The van der Waals surface area contributed by atoms with Crippen LogP contribution in [0.25, 0.3) is 0 Å². The molecule has 4 unspecified atom stereocenters. The molecule has 160 valence electrons. The van der Waals surface area contributed by atoms with Gasteiger partial charge in [-0.15, -0.1) is 0 Å². The number of ether oxygens (including phenoxy) is 1. The Kier molecular flexibility index (Phi) is 4.54. The highest BCUT2D eigenvalue weighted by Crippen LogP contribution is 2.56. The van der Waals surface area contributed by atoms with E-state index in [0.717, 1.165) is 24.8 Å².